The molecule has 3 nitrogen and oxygen atoms in total. The highest BCUT2D eigenvalue weighted by Crippen LogP contribution is 2.40. The molecule has 0 amide bonds. The number of hydrogen-bond acceptors (Lipinski definition) is 3. The van der Waals surface area contributed by atoms with Crippen molar-refractivity contribution in [1.82, 2.24) is 4.98 Å². The molecule has 1 aliphatic rings. The highest BCUT2D eigenvalue weighted by Gasteiger charge is 2.57. The van der Waals surface area contributed by atoms with Crippen LogP contribution in [0.3, 0.4) is 0 Å². The number of hydrogen-bond donors (Lipinski definition) is 1. The minimum atomic E-state index is -4.61. The first-order chi connectivity index (χ1) is 8.23. The van der Waals surface area contributed by atoms with E-state index in [1.807, 2.05) is 6.92 Å². The van der Waals surface area contributed by atoms with Crippen molar-refractivity contribution in [3.05, 3.63) is 22.3 Å². The molecule has 7 heteroatoms. The Kier molecular flexibility index (Phi) is 3.31. The largest absolute Gasteiger partial charge is 0.418 e. The molecular formula is C11H12BrF3N2O. The minimum absolute atomic E-state index is 0.130. The summed E-state index contributed by atoms with van der Waals surface area (Å²) >= 11 is 3.28. The fourth-order valence-corrected chi connectivity index (χ4v) is 2.68. The van der Waals surface area contributed by atoms with Gasteiger partial charge in [0.15, 0.2) is 5.60 Å². The number of nitrogens with zero attached hydrogens (tertiary/aromatic N) is 2. The number of alkyl halides is 3. The first kappa shape index (κ1) is 13.6. The Hall–Kier alpha value is -0.820. The Bertz CT molecular complexity index is 466. The van der Waals surface area contributed by atoms with E-state index in [0.717, 1.165) is 5.56 Å². The average molecular weight is 325 g/mol. The lowest BCUT2D eigenvalue weighted by Gasteiger charge is -2.26. The second-order valence-corrected chi connectivity index (χ2v) is 5.37. The van der Waals surface area contributed by atoms with Crippen molar-refractivity contribution in [3.63, 3.8) is 0 Å². The van der Waals surface area contributed by atoms with Crippen LogP contribution in [0.2, 0.25) is 0 Å². The number of rotatable bonds is 1. The normalized spacial score (nSPS) is 24.7. The maximum atomic E-state index is 12.7. The summed E-state index contributed by atoms with van der Waals surface area (Å²) in [5, 5.41) is 9.60. The molecule has 0 bridgehead atoms. The van der Waals surface area contributed by atoms with Crippen LogP contribution in [0, 0.1) is 6.92 Å². The second kappa shape index (κ2) is 4.38. The van der Waals surface area contributed by atoms with Gasteiger partial charge in [-0.2, -0.15) is 13.2 Å². The van der Waals surface area contributed by atoms with Crippen LogP contribution < -0.4 is 4.90 Å². The minimum Gasteiger partial charge on any atom is -0.379 e. The van der Waals surface area contributed by atoms with E-state index in [1.165, 1.54) is 4.90 Å². The predicted octanol–water partition coefficient (Wildman–Crippen LogP) is 2.66. The number of β-amino-alcohol motifs (C(OH)–C–C–N with tert-alkyl or cyclic N) is 1. The molecule has 0 aliphatic carbocycles. The Morgan fingerprint density at radius 2 is 2.17 bits per heavy atom. The third-order valence-electron chi connectivity index (χ3n) is 3.03. The van der Waals surface area contributed by atoms with E-state index in [9.17, 15) is 18.3 Å². The summed E-state index contributed by atoms with van der Waals surface area (Å²) < 4.78 is 38.7. The van der Waals surface area contributed by atoms with Crippen LogP contribution in [0.1, 0.15) is 12.0 Å². The monoisotopic (exact) mass is 324 g/mol. The SMILES string of the molecule is Cc1cnc(N2CCC(O)(C(F)(F)F)C2)c(Br)c1. The van der Waals surface area contributed by atoms with Gasteiger partial charge in [-0.3, -0.25) is 0 Å². The summed E-state index contributed by atoms with van der Waals surface area (Å²) in [6, 6.07) is 1.79. The molecule has 1 unspecified atom stereocenters. The topological polar surface area (TPSA) is 36.4 Å². The summed E-state index contributed by atoms with van der Waals surface area (Å²) in [6.45, 7) is 1.49. The van der Waals surface area contributed by atoms with Crippen molar-refractivity contribution in [2.45, 2.75) is 25.1 Å². The molecule has 1 aromatic rings. The maximum Gasteiger partial charge on any atom is 0.418 e. The van der Waals surface area contributed by atoms with E-state index in [4.69, 9.17) is 0 Å². The number of aliphatic hydroxyl groups is 1. The van der Waals surface area contributed by atoms with Gasteiger partial charge in [-0.25, -0.2) is 4.98 Å². The predicted molar refractivity (Wildman–Crippen MR) is 64.5 cm³/mol. The van der Waals surface area contributed by atoms with Crippen LogP contribution in [0.5, 0.6) is 0 Å². The lowest BCUT2D eigenvalue weighted by Crippen LogP contribution is -2.47. The van der Waals surface area contributed by atoms with Crippen molar-refractivity contribution in [2.75, 3.05) is 18.0 Å². The van der Waals surface area contributed by atoms with Crippen molar-refractivity contribution in [3.8, 4) is 0 Å². The van der Waals surface area contributed by atoms with E-state index >= 15 is 0 Å². The molecule has 1 N–H and O–H groups in total. The van der Waals surface area contributed by atoms with Gasteiger partial charge >= 0.3 is 6.18 Å². The molecule has 1 aliphatic heterocycles. The van der Waals surface area contributed by atoms with Gasteiger partial charge in [0.2, 0.25) is 0 Å². The molecule has 1 fully saturated rings. The first-order valence-corrected chi connectivity index (χ1v) is 6.18. The molecule has 1 saturated heterocycles. The molecule has 0 aromatic carbocycles. The standard InChI is InChI=1S/C11H12BrF3N2O/c1-7-4-8(12)9(16-5-7)17-3-2-10(18,6-17)11(13,14)15/h4-5,18H,2-3,6H2,1H3. The number of aromatic nitrogens is 1. The van der Waals surface area contributed by atoms with Gasteiger partial charge in [-0.1, -0.05) is 0 Å². The highest BCUT2D eigenvalue weighted by molar-refractivity contribution is 9.10. The lowest BCUT2D eigenvalue weighted by molar-refractivity contribution is -0.250. The number of anilines is 1. The van der Waals surface area contributed by atoms with Crippen LogP contribution in [0.15, 0.2) is 16.7 Å². The van der Waals surface area contributed by atoms with Gasteiger partial charge < -0.3 is 10.0 Å². The second-order valence-electron chi connectivity index (χ2n) is 4.52. The van der Waals surface area contributed by atoms with Crippen molar-refractivity contribution < 1.29 is 18.3 Å². The molecule has 0 spiro atoms. The quantitative estimate of drug-likeness (QED) is 0.862. The number of halogens is 4. The Labute approximate surface area is 111 Å². The third-order valence-corrected chi connectivity index (χ3v) is 3.62. The van der Waals surface area contributed by atoms with Crippen molar-refractivity contribution >= 4 is 21.7 Å². The smallest absolute Gasteiger partial charge is 0.379 e. The molecule has 1 aromatic heterocycles. The van der Waals surface area contributed by atoms with E-state index in [-0.39, 0.29) is 13.0 Å². The Morgan fingerprint density at radius 1 is 1.50 bits per heavy atom. The van der Waals surface area contributed by atoms with Gasteiger partial charge in [0.25, 0.3) is 0 Å². The average Bonchev–Trinajstić information content (AvgIpc) is 2.61. The number of aryl methyl sites for hydroxylation is 1. The fourth-order valence-electron chi connectivity index (χ4n) is 1.96. The maximum absolute atomic E-state index is 12.7. The fraction of sp³-hybridized carbons (Fsp3) is 0.545. The number of pyridine rings is 1. The van der Waals surface area contributed by atoms with Gasteiger partial charge in [-0.05, 0) is 34.5 Å². The summed E-state index contributed by atoms with van der Waals surface area (Å²) in [7, 11) is 0. The zero-order chi connectivity index (χ0) is 13.6. The highest BCUT2D eigenvalue weighted by atomic mass is 79.9. The van der Waals surface area contributed by atoms with Gasteiger partial charge in [0.05, 0.1) is 11.0 Å². The molecule has 1 atom stereocenters. The molecule has 0 radical (unpaired) electrons. The third kappa shape index (κ3) is 2.33. The zero-order valence-electron chi connectivity index (χ0n) is 9.63. The Balaban J connectivity index is 2.23. The van der Waals surface area contributed by atoms with Crippen molar-refractivity contribution in [1.29, 1.82) is 0 Å². The first-order valence-electron chi connectivity index (χ1n) is 5.39. The van der Waals surface area contributed by atoms with Crippen LogP contribution in [-0.4, -0.2) is 35.0 Å². The molecule has 2 rings (SSSR count). The molecule has 0 saturated carbocycles. The summed E-state index contributed by atoms with van der Waals surface area (Å²) in [5.74, 6) is 0.431. The molecule has 100 valence electrons. The van der Waals surface area contributed by atoms with Gasteiger partial charge in [0, 0.05) is 19.2 Å². The summed E-state index contributed by atoms with van der Waals surface area (Å²) in [5.41, 5.74) is -1.73. The zero-order valence-corrected chi connectivity index (χ0v) is 11.2. The lowest BCUT2D eigenvalue weighted by atomic mass is 10.0. The molecule has 2 heterocycles. The van der Waals surface area contributed by atoms with Gasteiger partial charge in [-0.15, -0.1) is 0 Å². The van der Waals surface area contributed by atoms with E-state index in [2.05, 4.69) is 20.9 Å². The van der Waals surface area contributed by atoms with E-state index < -0.39 is 18.3 Å². The van der Waals surface area contributed by atoms with Crippen LogP contribution in [0.4, 0.5) is 19.0 Å². The summed E-state index contributed by atoms with van der Waals surface area (Å²) in [4.78, 5) is 5.55. The van der Waals surface area contributed by atoms with Crippen molar-refractivity contribution in [2.24, 2.45) is 0 Å². The summed E-state index contributed by atoms with van der Waals surface area (Å²) in [6.07, 6.45) is -3.36. The van der Waals surface area contributed by atoms with Gasteiger partial charge in [0.1, 0.15) is 5.82 Å². The molecule has 18 heavy (non-hydrogen) atoms. The van der Waals surface area contributed by atoms with E-state index in [1.54, 1.807) is 12.3 Å². The molecular weight excluding hydrogens is 313 g/mol. The van der Waals surface area contributed by atoms with Crippen LogP contribution in [0.25, 0.3) is 0 Å². The van der Waals surface area contributed by atoms with Crippen LogP contribution >= 0.6 is 15.9 Å². The Morgan fingerprint density at radius 3 is 2.67 bits per heavy atom. The van der Waals surface area contributed by atoms with E-state index in [0.29, 0.717) is 10.3 Å². The van der Waals surface area contributed by atoms with Crippen LogP contribution in [-0.2, 0) is 0 Å².